The normalized spacial score (nSPS) is 11.1. The Labute approximate surface area is 120 Å². The molecule has 20 heavy (non-hydrogen) atoms. The topological polar surface area (TPSA) is 89.3 Å². The third-order valence-electron chi connectivity index (χ3n) is 2.45. The van der Waals surface area contributed by atoms with Crippen molar-refractivity contribution in [2.45, 2.75) is 4.90 Å². The number of halogens is 1. The summed E-state index contributed by atoms with van der Waals surface area (Å²) in [5.41, 5.74) is -0.126. The minimum absolute atomic E-state index is 0.0921. The molecule has 0 fully saturated rings. The first kappa shape index (κ1) is 14.3. The molecule has 0 spiro atoms. The second-order valence-corrected chi connectivity index (χ2v) is 5.93. The van der Waals surface area contributed by atoms with Crippen LogP contribution in [0.1, 0.15) is 0 Å². The minimum Gasteiger partial charge on any atom is -0.280 e. The summed E-state index contributed by atoms with van der Waals surface area (Å²) in [7, 11) is -3.74. The van der Waals surface area contributed by atoms with E-state index in [2.05, 4.69) is 4.72 Å². The van der Waals surface area contributed by atoms with Gasteiger partial charge in [0.2, 0.25) is 0 Å². The van der Waals surface area contributed by atoms with E-state index >= 15 is 0 Å². The van der Waals surface area contributed by atoms with Gasteiger partial charge in [0, 0.05) is 6.07 Å². The highest BCUT2D eigenvalue weighted by molar-refractivity contribution is 7.92. The van der Waals surface area contributed by atoms with E-state index in [9.17, 15) is 18.5 Å². The van der Waals surface area contributed by atoms with Crippen molar-refractivity contribution in [1.82, 2.24) is 0 Å². The predicted molar refractivity (Wildman–Crippen MR) is 75.4 cm³/mol. The molecule has 0 unspecified atom stereocenters. The van der Waals surface area contributed by atoms with Crippen LogP contribution in [0, 0.1) is 10.1 Å². The van der Waals surface area contributed by atoms with Crippen LogP contribution in [0.15, 0.2) is 53.4 Å². The van der Waals surface area contributed by atoms with Crippen LogP contribution >= 0.6 is 11.6 Å². The van der Waals surface area contributed by atoms with Crippen LogP contribution in [0.5, 0.6) is 0 Å². The molecule has 0 radical (unpaired) electrons. The fraction of sp³-hybridized carbons (Fsp3) is 0. The van der Waals surface area contributed by atoms with Gasteiger partial charge in [0.25, 0.3) is 15.7 Å². The maximum atomic E-state index is 12.0. The summed E-state index contributed by atoms with van der Waals surface area (Å²) < 4.78 is 26.4. The molecule has 0 aromatic heterocycles. The van der Waals surface area contributed by atoms with Crippen molar-refractivity contribution in [2.24, 2.45) is 0 Å². The lowest BCUT2D eigenvalue weighted by atomic mass is 10.3. The number of nitro benzene ring substituents is 1. The smallest absolute Gasteiger partial charge is 0.280 e. The van der Waals surface area contributed by atoms with E-state index in [1.54, 1.807) is 18.2 Å². The lowest BCUT2D eigenvalue weighted by Gasteiger charge is -2.08. The predicted octanol–water partition coefficient (Wildman–Crippen LogP) is 3.05. The van der Waals surface area contributed by atoms with Gasteiger partial charge in [-0.15, -0.1) is 0 Å². The van der Waals surface area contributed by atoms with Crippen LogP contribution in [0.2, 0.25) is 5.02 Å². The molecule has 8 heteroatoms. The third-order valence-corrected chi connectivity index (χ3v) is 4.15. The standard InChI is InChI=1S/C12H9ClN2O4S/c13-11-8-9(6-7-12(11)15(16)17)14-20(18,19)10-4-2-1-3-5-10/h1-8,14H. The Balaban J connectivity index is 2.31. The van der Waals surface area contributed by atoms with Gasteiger partial charge in [0.1, 0.15) is 5.02 Å². The van der Waals surface area contributed by atoms with Crippen LogP contribution in [0.3, 0.4) is 0 Å². The number of sulfonamides is 1. The third kappa shape index (κ3) is 3.06. The van der Waals surface area contributed by atoms with Gasteiger partial charge < -0.3 is 0 Å². The van der Waals surface area contributed by atoms with Crippen molar-refractivity contribution in [3.8, 4) is 0 Å². The molecule has 0 aliphatic rings. The van der Waals surface area contributed by atoms with E-state index < -0.39 is 14.9 Å². The second-order valence-electron chi connectivity index (χ2n) is 3.84. The molecule has 0 amide bonds. The van der Waals surface area contributed by atoms with Gasteiger partial charge in [0.15, 0.2) is 0 Å². The number of nitrogens with zero attached hydrogens (tertiary/aromatic N) is 1. The van der Waals surface area contributed by atoms with Gasteiger partial charge in [-0.05, 0) is 24.3 Å². The fourth-order valence-corrected chi connectivity index (χ4v) is 2.85. The Kier molecular flexibility index (Phi) is 3.91. The lowest BCUT2D eigenvalue weighted by molar-refractivity contribution is -0.384. The number of benzene rings is 2. The average Bonchev–Trinajstić information content (AvgIpc) is 2.39. The molecule has 0 saturated heterocycles. The number of anilines is 1. The zero-order valence-electron chi connectivity index (χ0n) is 9.99. The minimum atomic E-state index is -3.74. The van der Waals surface area contributed by atoms with Crippen LogP contribution < -0.4 is 4.72 Å². The number of hydrogen-bond acceptors (Lipinski definition) is 4. The molecular weight excluding hydrogens is 304 g/mol. The Morgan fingerprint density at radius 2 is 1.75 bits per heavy atom. The maximum Gasteiger partial charge on any atom is 0.288 e. The molecule has 0 bridgehead atoms. The van der Waals surface area contributed by atoms with E-state index in [1.165, 1.54) is 24.3 Å². The first-order valence-electron chi connectivity index (χ1n) is 5.42. The molecule has 0 saturated carbocycles. The highest BCUT2D eigenvalue weighted by Gasteiger charge is 2.16. The second kappa shape index (κ2) is 5.48. The van der Waals surface area contributed by atoms with E-state index in [0.29, 0.717) is 0 Å². The number of nitro groups is 1. The molecule has 2 aromatic carbocycles. The Hall–Kier alpha value is -2.12. The van der Waals surface area contributed by atoms with E-state index in [1.807, 2.05) is 0 Å². The van der Waals surface area contributed by atoms with E-state index in [0.717, 1.165) is 6.07 Å². The lowest BCUT2D eigenvalue weighted by Crippen LogP contribution is -2.12. The highest BCUT2D eigenvalue weighted by atomic mass is 35.5. The molecule has 6 nitrogen and oxygen atoms in total. The van der Waals surface area contributed by atoms with Gasteiger partial charge >= 0.3 is 0 Å². The van der Waals surface area contributed by atoms with Gasteiger partial charge in [-0.3, -0.25) is 14.8 Å². The summed E-state index contributed by atoms with van der Waals surface area (Å²) >= 11 is 5.72. The molecule has 0 aliphatic heterocycles. The van der Waals surface area contributed by atoms with Crippen LogP contribution in [-0.2, 0) is 10.0 Å². The largest absolute Gasteiger partial charge is 0.288 e. The van der Waals surface area contributed by atoms with Crippen molar-refractivity contribution >= 4 is 33.0 Å². The first-order chi connectivity index (χ1) is 9.40. The summed E-state index contributed by atoms with van der Waals surface area (Å²) in [4.78, 5) is 10.1. The van der Waals surface area contributed by atoms with Gasteiger partial charge in [-0.25, -0.2) is 8.42 Å². The molecule has 104 valence electrons. The monoisotopic (exact) mass is 312 g/mol. The summed E-state index contributed by atoms with van der Waals surface area (Å²) in [5, 5.41) is 10.5. The van der Waals surface area contributed by atoms with Gasteiger partial charge in [-0.1, -0.05) is 29.8 Å². The van der Waals surface area contributed by atoms with Crippen molar-refractivity contribution < 1.29 is 13.3 Å². The van der Waals surface area contributed by atoms with E-state index in [4.69, 9.17) is 11.6 Å². The zero-order chi connectivity index (χ0) is 14.8. The van der Waals surface area contributed by atoms with Crippen LogP contribution in [-0.4, -0.2) is 13.3 Å². The molecule has 0 atom stereocenters. The molecule has 0 aliphatic carbocycles. The molecular formula is C12H9ClN2O4S. The van der Waals surface area contributed by atoms with Crippen molar-refractivity contribution in [3.05, 3.63) is 63.7 Å². The van der Waals surface area contributed by atoms with Crippen LogP contribution in [0.4, 0.5) is 11.4 Å². The van der Waals surface area contributed by atoms with Crippen molar-refractivity contribution in [3.63, 3.8) is 0 Å². The molecule has 1 N–H and O–H groups in total. The van der Waals surface area contributed by atoms with Gasteiger partial charge in [0.05, 0.1) is 15.5 Å². The number of rotatable bonds is 4. The van der Waals surface area contributed by atoms with Crippen LogP contribution in [0.25, 0.3) is 0 Å². The molecule has 0 heterocycles. The average molecular weight is 313 g/mol. The number of nitrogens with one attached hydrogen (secondary N) is 1. The maximum absolute atomic E-state index is 12.0. The fourth-order valence-electron chi connectivity index (χ4n) is 1.53. The highest BCUT2D eigenvalue weighted by Crippen LogP contribution is 2.28. The first-order valence-corrected chi connectivity index (χ1v) is 7.28. The molecule has 2 aromatic rings. The number of hydrogen-bond donors (Lipinski definition) is 1. The summed E-state index contributed by atoms with van der Waals surface area (Å²) in [6.45, 7) is 0. The SMILES string of the molecule is O=[N+]([O-])c1ccc(NS(=O)(=O)c2ccccc2)cc1Cl. The summed E-state index contributed by atoms with van der Waals surface area (Å²) in [6, 6.07) is 11.4. The summed E-state index contributed by atoms with van der Waals surface area (Å²) in [5.74, 6) is 0. The van der Waals surface area contributed by atoms with E-state index in [-0.39, 0.29) is 21.3 Å². The Morgan fingerprint density at radius 3 is 2.30 bits per heavy atom. The Bertz CT molecular complexity index is 747. The quantitative estimate of drug-likeness (QED) is 0.694. The van der Waals surface area contributed by atoms with Crippen molar-refractivity contribution in [1.29, 1.82) is 0 Å². The van der Waals surface area contributed by atoms with Crippen molar-refractivity contribution in [2.75, 3.05) is 4.72 Å². The van der Waals surface area contributed by atoms with Gasteiger partial charge in [-0.2, -0.15) is 0 Å². The Morgan fingerprint density at radius 1 is 1.10 bits per heavy atom. The zero-order valence-corrected chi connectivity index (χ0v) is 11.6. The summed E-state index contributed by atoms with van der Waals surface area (Å²) in [6.07, 6.45) is 0. The molecule has 2 rings (SSSR count).